The van der Waals surface area contributed by atoms with Crippen LogP contribution in [0.1, 0.15) is 25.1 Å². The number of rotatable bonds is 3. The summed E-state index contributed by atoms with van der Waals surface area (Å²) in [6.45, 7) is 6.07. The zero-order chi connectivity index (χ0) is 13.3. The Morgan fingerprint density at radius 3 is 2.67 bits per heavy atom. The van der Waals surface area contributed by atoms with Crippen LogP contribution in [0.5, 0.6) is 5.75 Å². The van der Waals surface area contributed by atoms with Gasteiger partial charge in [-0.3, -0.25) is 0 Å². The number of fused-ring (bicyclic) bond motifs is 1. The summed E-state index contributed by atoms with van der Waals surface area (Å²) in [5.74, 6) is 0.812. The summed E-state index contributed by atoms with van der Waals surface area (Å²) in [6, 6.07) is 8.11. The molecule has 0 aliphatic heterocycles. The van der Waals surface area contributed by atoms with Crippen molar-refractivity contribution in [2.75, 3.05) is 7.11 Å². The number of ether oxygens (including phenoxy) is 1. The molecule has 0 saturated carbocycles. The van der Waals surface area contributed by atoms with Crippen LogP contribution in [0.2, 0.25) is 0 Å². The van der Waals surface area contributed by atoms with Gasteiger partial charge in [0.2, 0.25) is 0 Å². The zero-order valence-electron chi connectivity index (χ0n) is 11.4. The van der Waals surface area contributed by atoms with Crippen molar-refractivity contribution in [3.63, 3.8) is 0 Å². The van der Waals surface area contributed by atoms with Crippen molar-refractivity contribution in [1.29, 1.82) is 0 Å². The van der Waals surface area contributed by atoms with Gasteiger partial charge >= 0.3 is 0 Å². The summed E-state index contributed by atoms with van der Waals surface area (Å²) in [6.07, 6.45) is 0.819. The van der Waals surface area contributed by atoms with Crippen LogP contribution in [0.25, 0.3) is 10.9 Å². The molecule has 1 aromatic carbocycles. The van der Waals surface area contributed by atoms with Crippen LogP contribution in [0, 0.1) is 6.92 Å². The maximum Gasteiger partial charge on any atom is 0.145 e. The van der Waals surface area contributed by atoms with Gasteiger partial charge in [0.25, 0.3) is 0 Å². The van der Waals surface area contributed by atoms with E-state index < -0.39 is 0 Å². The first-order chi connectivity index (χ1) is 8.40. The van der Waals surface area contributed by atoms with Crippen molar-refractivity contribution in [1.82, 2.24) is 4.98 Å². The topological polar surface area (TPSA) is 48.1 Å². The first-order valence-corrected chi connectivity index (χ1v) is 6.13. The second-order valence-electron chi connectivity index (χ2n) is 5.44. The van der Waals surface area contributed by atoms with Gasteiger partial charge in [0, 0.05) is 16.6 Å². The molecule has 96 valence electrons. The predicted octanol–water partition coefficient (Wildman–Crippen LogP) is 2.83. The van der Waals surface area contributed by atoms with Crippen LogP contribution < -0.4 is 10.5 Å². The van der Waals surface area contributed by atoms with E-state index in [1.54, 1.807) is 7.11 Å². The third-order valence-electron chi connectivity index (χ3n) is 2.88. The van der Waals surface area contributed by atoms with Crippen LogP contribution in [-0.2, 0) is 6.42 Å². The summed E-state index contributed by atoms with van der Waals surface area (Å²) >= 11 is 0. The monoisotopic (exact) mass is 244 g/mol. The third kappa shape index (κ3) is 2.62. The summed E-state index contributed by atoms with van der Waals surface area (Å²) in [5, 5.41) is 1.12. The van der Waals surface area contributed by atoms with Gasteiger partial charge in [-0.15, -0.1) is 0 Å². The van der Waals surface area contributed by atoms with E-state index in [9.17, 15) is 0 Å². The van der Waals surface area contributed by atoms with Crippen LogP contribution >= 0.6 is 0 Å². The molecule has 2 rings (SSSR count). The highest BCUT2D eigenvalue weighted by Crippen LogP contribution is 2.28. The molecule has 0 aliphatic carbocycles. The number of hydrogen-bond donors (Lipinski definition) is 1. The SMILES string of the molecule is COc1cccc2c(CC(C)(C)N)cc(C)nc12. The number of aromatic nitrogens is 1. The van der Waals surface area contributed by atoms with E-state index in [-0.39, 0.29) is 5.54 Å². The van der Waals surface area contributed by atoms with Crippen molar-refractivity contribution in [2.45, 2.75) is 32.7 Å². The van der Waals surface area contributed by atoms with Crippen molar-refractivity contribution < 1.29 is 4.74 Å². The minimum Gasteiger partial charge on any atom is -0.494 e. The molecule has 0 amide bonds. The van der Waals surface area contributed by atoms with Crippen molar-refractivity contribution in [3.8, 4) is 5.75 Å². The van der Waals surface area contributed by atoms with E-state index in [1.165, 1.54) is 5.56 Å². The molecule has 2 aromatic rings. The van der Waals surface area contributed by atoms with E-state index in [2.05, 4.69) is 17.1 Å². The molecule has 0 unspecified atom stereocenters. The number of nitrogens with two attached hydrogens (primary N) is 1. The van der Waals surface area contributed by atoms with Gasteiger partial charge < -0.3 is 10.5 Å². The number of nitrogens with zero attached hydrogens (tertiary/aromatic N) is 1. The van der Waals surface area contributed by atoms with E-state index in [0.717, 1.165) is 28.8 Å². The molecule has 1 heterocycles. The maximum atomic E-state index is 6.13. The van der Waals surface area contributed by atoms with Crippen LogP contribution in [0.15, 0.2) is 24.3 Å². The molecule has 3 heteroatoms. The predicted molar refractivity (Wildman–Crippen MR) is 75.0 cm³/mol. The fourth-order valence-corrected chi connectivity index (χ4v) is 2.24. The van der Waals surface area contributed by atoms with Gasteiger partial charge in [0.1, 0.15) is 11.3 Å². The summed E-state index contributed by atoms with van der Waals surface area (Å²) in [4.78, 5) is 4.57. The number of para-hydroxylation sites is 1. The minimum absolute atomic E-state index is 0.232. The molecule has 0 saturated heterocycles. The van der Waals surface area contributed by atoms with Gasteiger partial charge in [-0.05, 0) is 44.9 Å². The van der Waals surface area contributed by atoms with Crippen LogP contribution in [0.4, 0.5) is 0 Å². The lowest BCUT2D eigenvalue weighted by atomic mass is 9.93. The standard InChI is InChI=1S/C15H20N2O/c1-10-8-11(9-15(2,3)16)12-6-5-7-13(18-4)14(12)17-10/h5-8H,9,16H2,1-4H3. The summed E-state index contributed by atoms with van der Waals surface area (Å²) < 4.78 is 5.37. The Bertz CT molecular complexity index is 570. The largest absolute Gasteiger partial charge is 0.494 e. The van der Waals surface area contributed by atoms with Gasteiger partial charge in [0.15, 0.2) is 0 Å². The van der Waals surface area contributed by atoms with Gasteiger partial charge in [-0.1, -0.05) is 12.1 Å². The first-order valence-electron chi connectivity index (χ1n) is 6.13. The Balaban J connectivity index is 2.66. The lowest BCUT2D eigenvalue weighted by Gasteiger charge is -2.20. The minimum atomic E-state index is -0.232. The van der Waals surface area contributed by atoms with Crippen LogP contribution in [-0.4, -0.2) is 17.6 Å². The van der Waals surface area contributed by atoms with E-state index in [4.69, 9.17) is 10.5 Å². The smallest absolute Gasteiger partial charge is 0.145 e. The Hall–Kier alpha value is -1.61. The molecule has 0 atom stereocenters. The number of hydrogen-bond acceptors (Lipinski definition) is 3. The molecule has 2 N–H and O–H groups in total. The summed E-state index contributed by atoms with van der Waals surface area (Å²) in [5.41, 5.74) is 9.03. The molecular formula is C15H20N2O. The van der Waals surface area contributed by atoms with Crippen molar-refractivity contribution >= 4 is 10.9 Å². The second-order valence-corrected chi connectivity index (χ2v) is 5.44. The third-order valence-corrected chi connectivity index (χ3v) is 2.88. The molecule has 0 fully saturated rings. The normalized spacial score (nSPS) is 11.8. The molecule has 0 spiro atoms. The Morgan fingerprint density at radius 1 is 1.33 bits per heavy atom. The molecule has 0 radical (unpaired) electrons. The maximum absolute atomic E-state index is 6.13. The van der Waals surface area contributed by atoms with Gasteiger partial charge in [-0.25, -0.2) is 4.98 Å². The number of methoxy groups -OCH3 is 1. The Kier molecular flexibility index (Phi) is 3.26. The number of aryl methyl sites for hydroxylation is 1. The lowest BCUT2D eigenvalue weighted by Crippen LogP contribution is -2.34. The van der Waals surface area contributed by atoms with Crippen LogP contribution in [0.3, 0.4) is 0 Å². The Labute approximate surface area is 108 Å². The number of benzene rings is 1. The van der Waals surface area contributed by atoms with E-state index in [0.29, 0.717) is 0 Å². The van der Waals surface area contributed by atoms with E-state index in [1.807, 2.05) is 32.9 Å². The highest BCUT2D eigenvalue weighted by Gasteiger charge is 2.15. The zero-order valence-corrected chi connectivity index (χ0v) is 11.4. The highest BCUT2D eigenvalue weighted by molar-refractivity contribution is 5.87. The van der Waals surface area contributed by atoms with Crippen molar-refractivity contribution in [3.05, 3.63) is 35.5 Å². The molecule has 0 aliphatic rings. The molecule has 3 nitrogen and oxygen atoms in total. The molecule has 0 bridgehead atoms. The lowest BCUT2D eigenvalue weighted by molar-refractivity contribution is 0.418. The van der Waals surface area contributed by atoms with Gasteiger partial charge in [-0.2, -0.15) is 0 Å². The quantitative estimate of drug-likeness (QED) is 0.903. The Morgan fingerprint density at radius 2 is 2.06 bits per heavy atom. The fraction of sp³-hybridized carbons (Fsp3) is 0.400. The molecule has 18 heavy (non-hydrogen) atoms. The first kappa shape index (κ1) is 12.8. The summed E-state index contributed by atoms with van der Waals surface area (Å²) in [7, 11) is 1.67. The molecular weight excluding hydrogens is 224 g/mol. The second kappa shape index (κ2) is 4.58. The van der Waals surface area contributed by atoms with Gasteiger partial charge in [0.05, 0.1) is 7.11 Å². The average molecular weight is 244 g/mol. The average Bonchev–Trinajstić information content (AvgIpc) is 2.26. The fourth-order valence-electron chi connectivity index (χ4n) is 2.24. The number of pyridine rings is 1. The highest BCUT2D eigenvalue weighted by atomic mass is 16.5. The van der Waals surface area contributed by atoms with Crippen molar-refractivity contribution in [2.24, 2.45) is 5.73 Å². The van der Waals surface area contributed by atoms with E-state index >= 15 is 0 Å². The molecule has 1 aromatic heterocycles.